The Kier molecular flexibility index (Phi) is 14.1. The smallest absolute Gasteiger partial charge is 0.340 e. The van der Waals surface area contributed by atoms with Crippen LogP contribution in [0.3, 0.4) is 0 Å². The van der Waals surface area contributed by atoms with Gasteiger partial charge in [0.1, 0.15) is 71.8 Å². The number of rotatable bonds is 17. The molecule has 2 fully saturated rings. The zero-order valence-electron chi connectivity index (χ0n) is 33.8. The average Bonchev–Trinajstić information content (AvgIpc) is 3.54. The van der Waals surface area contributed by atoms with Crippen LogP contribution in [-0.2, 0) is 24.6 Å². The van der Waals surface area contributed by atoms with Crippen molar-refractivity contribution in [2.24, 2.45) is 0 Å². The first-order valence-electron chi connectivity index (χ1n) is 21.0. The van der Waals surface area contributed by atoms with Gasteiger partial charge in [0.05, 0.1) is 18.8 Å². The largest absolute Gasteiger partial charge is 0.462 e. The molecule has 332 valence electrons. The maximum atomic E-state index is 13.9. The summed E-state index contributed by atoms with van der Waals surface area (Å²) in [5.74, 6) is -0.524. The fraction of sp³-hybridized carbons (Fsp3) is 0.545. The molecule has 7 rings (SSSR count). The van der Waals surface area contributed by atoms with Gasteiger partial charge in [0.2, 0.25) is 18.5 Å². The number of carbonyl (C=O) groups is 2. The van der Waals surface area contributed by atoms with Crippen molar-refractivity contribution in [1.82, 2.24) is 0 Å². The lowest BCUT2D eigenvalue weighted by Gasteiger charge is -2.40. The topological polar surface area (TPSA) is 263 Å². The van der Waals surface area contributed by atoms with Crippen LogP contribution < -0.4 is 19.5 Å². The van der Waals surface area contributed by atoms with Crippen molar-refractivity contribution >= 4 is 17.6 Å². The molecule has 4 aliphatic heterocycles. The molecule has 0 bridgehead atoms. The number of anilines is 1. The van der Waals surface area contributed by atoms with E-state index in [1.54, 1.807) is 30.3 Å². The maximum Gasteiger partial charge on any atom is 0.340 e. The number of carbonyl (C=O) groups excluding carboxylic acids is 2. The molecule has 3 aromatic carbocycles. The third kappa shape index (κ3) is 9.08. The molecule has 0 aliphatic carbocycles. The molecule has 17 nitrogen and oxygen atoms in total. The Hall–Kier alpha value is -4.40. The van der Waals surface area contributed by atoms with Gasteiger partial charge in [-0.25, -0.2) is 4.79 Å². The van der Waals surface area contributed by atoms with Crippen molar-refractivity contribution in [2.45, 2.75) is 138 Å². The van der Waals surface area contributed by atoms with Crippen LogP contribution in [0.5, 0.6) is 23.0 Å². The number of ether oxygens (including phenoxy) is 6. The van der Waals surface area contributed by atoms with Gasteiger partial charge < -0.3 is 74.6 Å². The van der Waals surface area contributed by atoms with E-state index in [0.717, 1.165) is 25.7 Å². The van der Waals surface area contributed by atoms with Crippen LogP contribution in [0.2, 0.25) is 0 Å². The SMILES string of the molecule is CCCCCCCCCCCC(=O)Nc1ccc2c(c1)C(=O)OC21c2ccc(O[C@@H]3O[C@H](CO)[C@H](O)[C@H](O)[C@H]3O)cc2Oc2cc(O[C@@H]3O[C@H](CO)[C@H](O)[C@H](O)[C@H]3O)ccc21. The number of hydrogen-bond acceptors (Lipinski definition) is 16. The summed E-state index contributed by atoms with van der Waals surface area (Å²) in [5.41, 5.74) is 0.106. The molecule has 2 saturated heterocycles. The molecule has 1 amide bonds. The predicted octanol–water partition coefficient (Wildman–Crippen LogP) is 2.47. The van der Waals surface area contributed by atoms with E-state index in [2.05, 4.69) is 12.2 Å². The van der Waals surface area contributed by atoms with Crippen LogP contribution in [0.25, 0.3) is 0 Å². The highest BCUT2D eigenvalue weighted by molar-refractivity contribution is 5.99. The van der Waals surface area contributed by atoms with Crippen LogP contribution in [0.4, 0.5) is 5.69 Å². The summed E-state index contributed by atoms with van der Waals surface area (Å²) < 4.78 is 35.5. The Morgan fingerprint density at radius 1 is 0.639 bits per heavy atom. The third-order valence-electron chi connectivity index (χ3n) is 11.7. The summed E-state index contributed by atoms with van der Waals surface area (Å²) in [6.07, 6.45) is -5.07. The van der Waals surface area contributed by atoms with E-state index < -0.39 is 86.2 Å². The number of benzene rings is 3. The molecule has 9 N–H and O–H groups in total. The van der Waals surface area contributed by atoms with Crippen LogP contribution in [0.1, 0.15) is 98.2 Å². The van der Waals surface area contributed by atoms with Gasteiger partial charge in [-0.05, 0) is 42.8 Å². The molecule has 10 atom stereocenters. The Labute approximate surface area is 352 Å². The van der Waals surface area contributed by atoms with E-state index in [0.29, 0.717) is 28.8 Å². The Bertz CT molecular complexity index is 1920. The second-order valence-corrected chi connectivity index (χ2v) is 16.0. The highest BCUT2D eigenvalue weighted by Crippen LogP contribution is 2.57. The van der Waals surface area contributed by atoms with Crippen molar-refractivity contribution < 1.29 is 78.9 Å². The summed E-state index contributed by atoms with van der Waals surface area (Å²) in [4.78, 5) is 26.8. The molecule has 1 spiro atoms. The van der Waals surface area contributed by atoms with E-state index in [-0.39, 0.29) is 34.5 Å². The van der Waals surface area contributed by atoms with Crippen molar-refractivity contribution in [3.8, 4) is 23.0 Å². The number of aliphatic hydroxyl groups excluding tert-OH is 8. The van der Waals surface area contributed by atoms with Gasteiger partial charge in [-0.3, -0.25) is 4.79 Å². The zero-order chi connectivity index (χ0) is 43.4. The van der Waals surface area contributed by atoms with Crippen LogP contribution in [-0.4, -0.2) is 127 Å². The molecule has 0 unspecified atom stereocenters. The fourth-order valence-corrected chi connectivity index (χ4v) is 8.33. The van der Waals surface area contributed by atoms with E-state index >= 15 is 0 Å². The standard InChI is InChI=1S/C44H55NO16/c1-2-3-4-5-6-7-8-9-10-11-34(48)45-23-12-15-27-26(18-23)41(55)61-44(27)28-16-13-24(56-42-39(53)37(51)35(49)32(21-46)59-42)19-30(28)58-31-20-25(14-17-29(31)44)57-43-40(54)38(52)36(50)33(22-47)60-43/h12-20,32-33,35-40,42-43,46-47,49-54H,2-11,21-22H2,1H3,(H,45,48)/t32-,33-,35+,36+,37+,38+,39-,40-,42-,43-/m1/s1. The number of aliphatic hydroxyl groups is 8. The summed E-state index contributed by atoms with van der Waals surface area (Å²) in [7, 11) is 0. The Balaban J connectivity index is 1.16. The highest BCUT2D eigenvalue weighted by atomic mass is 16.7. The number of fused-ring (bicyclic) bond motifs is 6. The van der Waals surface area contributed by atoms with Crippen LogP contribution in [0.15, 0.2) is 54.6 Å². The van der Waals surface area contributed by atoms with Gasteiger partial charge in [0.15, 0.2) is 5.60 Å². The van der Waals surface area contributed by atoms with Crippen molar-refractivity contribution in [3.05, 3.63) is 76.9 Å². The highest BCUT2D eigenvalue weighted by Gasteiger charge is 2.54. The minimum atomic E-state index is -1.70. The van der Waals surface area contributed by atoms with Gasteiger partial charge in [-0.2, -0.15) is 0 Å². The molecule has 17 heteroatoms. The molecule has 61 heavy (non-hydrogen) atoms. The summed E-state index contributed by atoms with van der Waals surface area (Å²) in [6.45, 7) is 0.863. The van der Waals surface area contributed by atoms with Gasteiger partial charge >= 0.3 is 5.97 Å². The lowest BCUT2D eigenvalue weighted by Crippen LogP contribution is -2.60. The van der Waals surface area contributed by atoms with Crippen molar-refractivity contribution in [1.29, 1.82) is 0 Å². The number of nitrogens with one attached hydrogen (secondary N) is 1. The number of unbranched alkanes of at least 4 members (excludes halogenated alkanes) is 8. The average molecular weight is 854 g/mol. The first-order valence-corrected chi connectivity index (χ1v) is 21.0. The molecule has 4 heterocycles. The monoisotopic (exact) mass is 853 g/mol. The summed E-state index contributed by atoms with van der Waals surface area (Å²) >= 11 is 0. The van der Waals surface area contributed by atoms with E-state index in [1.807, 2.05) is 0 Å². The van der Waals surface area contributed by atoms with E-state index in [9.17, 15) is 50.4 Å². The number of esters is 1. The second kappa shape index (κ2) is 19.3. The van der Waals surface area contributed by atoms with Gasteiger partial charge in [0.25, 0.3) is 0 Å². The van der Waals surface area contributed by atoms with E-state index in [4.69, 9.17) is 28.4 Å². The Morgan fingerprint density at radius 2 is 1.13 bits per heavy atom. The first-order chi connectivity index (χ1) is 29.4. The number of hydrogen-bond donors (Lipinski definition) is 9. The molecule has 3 aromatic rings. The lowest BCUT2D eigenvalue weighted by atomic mass is 9.77. The normalized spacial score (nSPS) is 28.6. The minimum Gasteiger partial charge on any atom is -0.462 e. The molecule has 0 aromatic heterocycles. The third-order valence-corrected chi connectivity index (χ3v) is 11.7. The molecule has 0 radical (unpaired) electrons. The molecular formula is C44H55NO16. The minimum absolute atomic E-state index is 0.0602. The molecular weight excluding hydrogens is 798 g/mol. The second-order valence-electron chi connectivity index (χ2n) is 16.0. The van der Waals surface area contributed by atoms with Gasteiger partial charge in [-0.15, -0.1) is 0 Å². The predicted molar refractivity (Wildman–Crippen MR) is 214 cm³/mol. The molecule has 4 aliphatic rings. The number of amides is 1. The quantitative estimate of drug-likeness (QED) is 0.0698. The molecule has 0 saturated carbocycles. The van der Waals surface area contributed by atoms with Gasteiger partial charge in [0, 0.05) is 40.9 Å². The Morgan fingerprint density at radius 3 is 1.64 bits per heavy atom. The summed E-state index contributed by atoms with van der Waals surface area (Å²) in [5, 5.41) is 84.7. The van der Waals surface area contributed by atoms with Gasteiger partial charge in [-0.1, -0.05) is 64.4 Å². The van der Waals surface area contributed by atoms with Crippen molar-refractivity contribution in [3.63, 3.8) is 0 Å². The van der Waals surface area contributed by atoms with Crippen LogP contribution >= 0.6 is 0 Å². The van der Waals surface area contributed by atoms with Crippen LogP contribution in [0, 0.1) is 0 Å². The summed E-state index contributed by atoms with van der Waals surface area (Å²) in [6, 6.07) is 13.9. The van der Waals surface area contributed by atoms with Crippen molar-refractivity contribution in [2.75, 3.05) is 18.5 Å². The lowest BCUT2D eigenvalue weighted by molar-refractivity contribution is -0.277. The fourth-order valence-electron chi connectivity index (χ4n) is 8.33. The van der Waals surface area contributed by atoms with E-state index in [1.165, 1.54) is 56.4 Å². The zero-order valence-corrected chi connectivity index (χ0v) is 33.8. The first kappa shape index (κ1) is 44.6. The maximum absolute atomic E-state index is 13.9.